The lowest BCUT2D eigenvalue weighted by molar-refractivity contribution is -0.384. The lowest BCUT2D eigenvalue weighted by atomic mass is 10.2. The van der Waals surface area contributed by atoms with Crippen molar-refractivity contribution in [1.29, 1.82) is 0 Å². The molecule has 1 aromatic carbocycles. The molecule has 0 saturated carbocycles. The summed E-state index contributed by atoms with van der Waals surface area (Å²) in [5.74, 6) is -6.35. The SMILES string of the molecule is CC1(C)OC(=O)C(=CNc2c([N+](=O)[O-])cc(F)c(F)c2Br)C(=O)O1. The molecule has 0 aliphatic carbocycles. The van der Waals surface area contributed by atoms with Gasteiger partial charge in [0.25, 0.3) is 11.5 Å². The molecule has 1 aliphatic rings. The van der Waals surface area contributed by atoms with Crippen molar-refractivity contribution in [2.75, 3.05) is 5.32 Å². The third-order valence-electron chi connectivity index (χ3n) is 2.82. The standard InChI is InChI=1S/C13H9BrF2N2O6/c1-13(2)23-11(19)5(12(20)24-13)4-17-10-7(18(21)22)3-6(15)9(16)8(10)14/h3-4,17H,1-2H3. The molecule has 1 aliphatic heterocycles. The molecule has 1 heterocycles. The van der Waals surface area contributed by atoms with Gasteiger partial charge in [-0.3, -0.25) is 10.1 Å². The van der Waals surface area contributed by atoms with Crippen LogP contribution in [0.5, 0.6) is 0 Å². The maximum Gasteiger partial charge on any atom is 0.350 e. The predicted octanol–water partition coefficient (Wildman–Crippen LogP) is 2.77. The summed E-state index contributed by atoms with van der Waals surface area (Å²) >= 11 is 2.68. The van der Waals surface area contributed by atoms with Gasteiger partial charge in [-0.15, -0.1) is 0 Å². The molecule has 128 valence electrons. The minimum Gasteiger partial charge on any atom is -0.419 e. The minimum atomic E-state index is -1.46. The Morgan fingerprint density at radius 1 is 1.29 bits per heavy atom. The summed E-state index contributed by atoms with van der Waals surface area (Å²) in [6.45, 7) is 2.67. The van der Waals surface area contributed by atoms with Gasteiger partial charge in [-0.05, 0) is 15.9 Å². The first-order valence-corrected chi connectivity index (χ1v) is 7.08. The molecule has 2 rings (SSSR count). The average molecular weight is 407 g/mol. The second kappa shape index (κ2) is 6.15. The van der Waals surface area contributed by atoms with Crippen LogP contribution < -0.4 is 5.32 Å². The second-order valence-corrected chi connectivity index (χ2v) is 5.81. The summed E-state index contributed by atoms with van der Waals surface area (Å²) in [7, 11) is 0. The van der Waals surface area contributed by atoms with E-state index in [9.17, 15) is 28.5 Å². The first-order valence-electron chi connectivity index (χ1n) is 6.29. The predicted molar refractivity (Wildman–Crippen MR) is 78.7 cm³/mol. The molecule has 1 aromatic rings. The van der Waals surface area contributed by atoms with Crippen LogP contribution in [0.1, 0.15) is 13.8 Å². The molecule has 1 saturated heterocycles. The maximum atomic E-state index is 13.6. The number of benzene rings is 1. The monoisotopic (exact) mass is 406 g/mol. The van der Waals surface area contributed by atoms with Crippen LogP contribution in [0.2, 0.25) is 0 Å². The molecule has 0 unspecified atom stereocenters. The van der Waals surface area contributed by atoms with E-state index in [1.165, 1.54) is 13.8 Å². The summed E-state index contributed by atoms with van der Waals surface area (Å²) in [6.07, 6.45) is 0.754. The second-order valence-electron chi connectivity index (χ2n) is 5.02. The van der Waals surface area contributed by atoms with Crippen LogP contribution in [0.15, 0.2) is 22.3 Å². The molecule has 0 spiro atoms. The van der Waals surface area contributed by atoms with Crippen molar-refractivity contribution in [2.45, 2.75) is 19.6 Å². The van der Waals surface area contributed by atoms with Gasteiger partial charge in [-0.1, -0.05) is 0 Å². The van der Waals surface area contributed by atoms with Crippen LogP contribution in [-0.4, -0.2) is 22.6 Å². The maximum absolute atomic E-state index is 13.6. The Kier molecular flexibility index (Phi) is 4.56. The van der Waals surface area contributed by atoms with Crippen LogP contribution in [0.3, 0.4) is 0 Å². The topological polar surface area (TPSA) is 108 Å². The molecular weight excluding hydrogens is 398 g/mol. The molecule has 1 fully saturated rings. The van der Waals surface area contributed by atoms with E-state index in [1.54, 1.807) is 0 Å². The zero-order chi connectivity index (χ0) is 18.2. The highest BCUT2D eigenvalue weighted by Gasteiger charge is 2.39. The molecule has 24 heavy (non-hydrogen) atoms. The molecule has 11 heteroatoms. The molecule has 0 amide bonds. The van der Waals surface area contributed by atoms with E-state index >= 15 is 0 Å². The third kappa shape index (κ3) is 3.35. The molecule has 0 bridgehead atoms. The molecular formula is C13H9BrF2N2O6. The Bertz CT molecular complexity index is 771. The van der Waals surface area contributed by atoms with Crippen molar-refractivity contribution >= 4 is 39.2 Å². The summed E-state index contributed by atoms with van der Waals surface area (Å²) in [5.41, 5.74) is -1.90. The van der Waals surface area contributed by atoms with E-state index in [-0.39, 0.29) is 0 Å². The fourth-order valence-electron chi connectivity index (χ4n) is 1.79. The van der Waals surface area contributed by atoms with Crippen molar-refractivity contribution in [3.8, 4) is 0 Å². The summed E-state index contributed by atoms with van der Waals surface area (Å²) in [4.78, 5) is 33.5. The molecule has 1 N–H and O–H groups in total. The number of rotatable bonds is 3. The number of anilines is 1. The molecule has 0 atom stereocenters. The smallest absolute Gasteiger partial charge is 0.350 e. The van der Waals surface area contributed by atoms with Crippen molar-refractivity contribution in [3.05, 3.63) is 44.1 Å². The van der Waals surface area contributed by atoms with Gasteiger partial charge in [0.15, 0.2) is 17.2 Å². The highest BCUT2D eigenvalue weighted by atomic mass is 79.9. The summed E-state index contributed by atoms with van der Waals surface area (Å²) in [6, 6.07) is 0.363. The Labute approximate surface area is 141 Å². The molecule has 0 aromatic heterocycles. The van der Waals surface area contributed by atoms with Crippen molar-refractivity contribution in [2.24, 2.45) is 0 Å². The fraction of sp³-hybridized carbons (Fsp3) is 0.231. The number of carbonyl (C=O) groups excluding carboxylic acids is 2. The lowest BCUT2D eigenvalue weighted by Gasteiger charge is -2.29. The van der Waals surface area contributed by atoms with Crippen LogP contribution in [0, 0.1) is 21.7 Å². The number of nitrogens with zero attached hydrogens (tertiary/aromatic N) is 1. The average Bonchev–Trinajstić information content (AvgIpc) is 2.44. The number of carbonyl (C=O) groups is 2. The highest BCUT2D eigenvalue weighted by molar-refractivity contribution is 9.10. The number of esters is 2. The Balaban J connectivity index is 2.42. The van der Waals surface area contributed by atoms with E-state index in [4.69, 9.17) is 9.47 Å². The minimum absolute atomic E-state index is 0.363. The number of nitro groups is 1. The van der Waals surface area contributed by atoms with Gasteiger partial charge in [0.1, 0.15) is 5.69 Å². The summed E-state index contributed by atoms with van der Waals surface area (Å²) < 4.78 is 35.9. The quantitative estimate of drug-likeness (QED) is 0.205. The first kappa shape index (κ1) is 17.8. The van der Waals surface area contributed by atoms with Crippen molar-refractivity contribution < 1.29 is 32.8 Å². The van der Waals surface area contributed by atoms with E-state index in [0.29, 0.717) is 6.07 Å². The zero-order valence-corrected chi connectivity index (χ0v) is 13.8. The van der Waals surface area contributed by atoms with Crippen LogP contribution in [0.25, 0.3) is 0 Å². The van der Waals surface area contributed by atoms with Gasteiger partial charge < -0.3 is 14.8 Å². The van der Waals surface area contributed by atoms with Crippen LogP contribution >= 0.6 is 15.9 Å². The van der Waals surface area contributed by atoms with Crippen molar-refractivity contribution in [3.63, 3.8) is 0 Å². The number of ether oxygens (including phenoxy) is 2. The molecule has 0 radical (unpaired) electrons. The largest absolute Gasteiger partial charge is 0.419 e. The first-order chi connectivity index (χ1) is 11.0. The van der Waals surface area contributed by atoms with E-state index in [2.05, 4.69) is 21.2 Å². The number of cyclic esters (lactones) is 2. The van der Waals surface area contributed by atoms with Gasteiger partial charge in [0.05, 0.1) is 15.5 Å². The van der Waals surface area contributed by atoms with Gasteiger partial charge in [-0.2, -0.15) is 0 Å². The number of hydrogen-bond donors (Lipinski definition) is 1. The third-order valence-corrected chi connectivity index (χ3v) is 3.56. The number of nitrogens with one attached hydrogen (secondary N) is 1. The van der Waals surface area contributed by atoms with Crippen LogP contribution in [0.4, 0.5) is 20.2 Å². The van der Waals surface area contributed by atoms with Gasteiger partial charge in [0, 0.05) is 20.0 Å². The van der Waals surface area contributed by atoms with Gasteiger partial charge in [0.2, 0.25) is 0 Å². The van der Waals surface area contributed by atoms with E-state index in [1.807, 2.05) is 0 Å². The van der Waals surface area contributed by atoms with Crippen LogP contribution in [-0.2, 0) is 19.1 Å². The fourth-order valence-corrected chi connectivity index (χ4v) is 2.29. The zero-order valence-electron chi connectivity index (χ0n) is 12.2. The molecule has 8 nitrogen and oxygen atoms in total. The van der Waals surface area contributed by atoms with Gasteiger partial charge in [-0.25, -0.2) is 18.4 Å². The Morgan fingerprint density at radius 2 is 1.83 bits per heavy atom. The van der Waals surface area contributed by atoms with E-state index in [0.717, 1.165) is 6.20 Å². The Morgan fingerprint density at radius 3 is 2.33 bits per heavy atom. The lowest BCUT2D eigenvalue weighted by Crippen LogP contribution is -2.42. The van der Waals surface area contributed by atoms with Gasteiger partial charge >= 0.3 is 11.9 Å². The summed E-state index contributed by atoms with van der Waals surface area (Å²) in [5, 5.41) is 13.2. The highest BCUT2D eigenvalue weighted by Crippen LogP contribution is 2.36. The Hall–Kier alpha value is -2.56. The van der Waals surface area contributed by atoms with E-state index < -0.39 is 55.7 Å². The van der Waals surface area contributed by atoms with Crippen molar-refractivity contribution in [1.82, 2.24) is 0 Å². The number of nitro benzene ring substituents is 1. The number of hydrogen-bond acceptors (Lipinski definition) is 7. The normalized spacial score (nSPS) is 16.3. The number of halogens is 3.